The molecule has 0 saturated carbocycles. The molecule has 3 aromatic rings. The highest BCUT2D eigenvalue weighted by molar-refractivity contribution is 7.98. The average molecular weight is 298 g/mol. The maximum atomic E-state index is 5.85. The zero-order chi connectivity index (χ0) is 14.7. The summed E-state index contributed by atoms with van der Waals surface area (Å²) in [6.07, 6.45) is 3.22. The summed E-state index contributed by atoms with van der Waals surface area (Å²) < 4.78 is 5.27. The second kappa shape index (κ2) is 5.97. The summed E-state index contributed by atoms with van der Waals surface area (Å²) in [6, 6.07) is 9.98. The first kappa shape index (κ1) is 13.6. The predicted molar refractivity (Wildman–Crippen MR) is 82.7 cm³/mol. The molecule has 6 heteroatoms. The number of aromatic nitrogens is 3. The number of nitrogens with zero attached hydrogens (tertiary/aromatic N) is 3. The van der Waals surface area contributed by atoms with Gasteiger partial charge < -0.3 is 10.3 Å². The van der Waals surface area contributed by atoms with Crippen molar-refractivity contribution in [3.8, 4) is 11.5 Å². The van der Waals surface area contributed by atoms with Crippen molar-refractivity contribution >= 4 is 17.4 Å². The predicted octanol–water partition coefficient (Wildman–Crippen LogP) is 3.31. The number of hydrogen-bond donors (Lipinski definition) is 1. The number of pyridine rings is 1. The molecule has 0 aliphatic heterocycles. The first-order chi connectivity index (χ1) is 10.2. The Hall–Kier alpha value is -2.34. The minimum atomic E-state index is 0.426. The van der Waals surface area contributed by atoms with E-state index in [1.165, 1.54) is 10.5 Å². The minimum absolute atomic E-state index is 0.426. The third-order valence-corrected chi connectivity index (χ3v) is 4.17. The van der Waals surface area contributed by atoms with Crippen LogP contribution in [0.2, 0.25) is 0 Å². The van der Waals surface area contributed by atoms with Crippen molar-refractivity contribution in [3.63, 3.8) is 0 Å². The molecule has 2 aromatic heterocycles. The molecule has 1 aromatic carbocycles. The van der Waals surface area contributed by atoms with Gasteiger partial charge in [0, 0.05) is 11.1 Å². The molecule has 21 heavy (non-hydrogen) atoms. The molecule has 0 fully saturated rings. The summed E-state index contributed by atoms with van der Waals surface area (Å²) in [4.78, 5) is 9.54. The minimum Gasteiger partial charge on any atom is -0.397 e. The first-order valence-electron chi connectivity index (χ1n) is 6.45. The van der Waals surface area contributed by atoms with Crippen LogP contribution >= 0.6 is 11.8 Å². The van der Waals surface area contributed by atoms with E-state index in [9.17, 15) is 0 Å². The molecule has 3 rings (SSSR count). The number of nitrogens with two attached hydrogens (primary N) is 1. The van der Waals surface area contributed by atoms with Gasteiger partial charge in [0.05, 0.1) is 23.2 Å². The van der Waals surface area contributed by atoms with Crippen LogP contribution in [0.1, 0.15) is 11.4 Å². The molecule has 0 radical (unpaired) electrons. The lowest BCUT2D eigenvalue weighted by atomic mass is 10.2. The van der Waals surface area contributed by atoms with Gasteiger partial charge in [0.2, 0.25) is 0 Å². The lowest BCUT2D eigenvalue weighted by Gasteiger charge is -2.02. The molecular formula is C15H14N4OS. The Balaban J connectivity index is 1.74. The van der Waals surface area contributed by atoms with E-state index in [1.807, 2.05) is 12.1 Å². The second-order valence-electron chi connectivity index (χ2n) is 4.53. The van der Waals surface area contributed by atoms with Gasteiger partial charge in [-0.05, 0) is 24.6 Å². The maximum Gasteiger partial charge on any atom is 0.260 e. The molecule has 0 amide bonds. The van der Waals surface area contributed by atoms with Gasteiger partial charge in [-0.25, -0.2) is 0 Å². The summed E-state index contributed by atoms with van der Waals surface area (Å²) in [5.74, 6) is 1.73. The SMILES string of the molecule is Cc1ccccc1SCc1noc(-c2ccncc2N)n1. The third kappa shape index (κ3) is 3.05. The van der Waals surface area contributed by atoms with Crippen molar-refractivity contribution in [1.82, 2.24) is 15.1 Å². The standard InChI is InChI=1S/C15H14N4OS/c1-10-4-2-3-5-13(10)21-9-14-18-15(20-19-14)11-6-7-17-8-12(11)16/h2-8H,9,16H2,1H3. The lowest BCUT2D eigenvalue weighted by Crippen LogP contribution is -1.91. The molecule has 2 N–H and O–H groups in total. The van der Waals surface area contributed by atoms with Crippen LogP contribution in [0.3, 0.4) is 0 Å². The number of nitrogen functional groups attached to an aromatic ring is 1. The van der Waals surface area contributed by atoms with E-state index in [0.717, 1.165) is 0 Å². The molecule has 0 aliphatic carbocycles. The second-order valence-corrected chi connectivity index (χ2v) is 5.55. The van der Waals surface area contributed by atoms with E-state index in [1.54, 1.807) is 30.2 Å². The number of benzene rings is 1. The quantitative estimate of drug-likeness (QED) is 0.744. The van der Waals surface area contributed by atoms with Gasteiger partial charge in [-0.1, -0.05) is 23.4 Å². The van der Waals surface area contributed by atoms with Crippen LogP contribution in [-0.2, 0) is 5.75 Å². The highest BCUT2D eigenvalue weighted by Gasteiger charge is 2.12. The number of anilines is 1. The molecule has 0 saturated heterocycles. The van der Waals surface area contributed by atoms with Crippen molar-refractivity contribution in [1.29, 1.82) is 0 Å². The summed E-state index contributed by atoms with van der Waals surface area (Å²) in [6.45, 7) is 2.08. The molecule has 0 aliphatic rings. The van der Waals surface area contributed by atoms with E-state index in [-0.39, 0.29) is 0 Å². The molecule has 0 bridgehead atoms. The van der Waals surface area contributed by atoms with Crippen LogP contribution in [0.15, 0.2) is 52.1 Å². The van der Waals surface area contributed by atoms with Gasteiger partial charge in [-0.15, -0.1) is 11.8 Å². The molecule has 0 atom stereocenters. The summed E-state index contributed by atoms with van der Waals surface area (Å²) in [5, 5.41) is 4.00. The zero-order valence-electron chi connectivity index (χ0n) is 11.5. The van der Waals surface area contributed by atoms with Gasteiger partial charge >= 0.3 is 0 Å². The van der Waals surface area contributed by atoms with E-state index in [4.69, 9.17) is 10.3 Å². The van der Waals surface area contributed by atoms with Crippen LogP contribution < -0.4 is 5.73 Å². The molecule has 0 unspecified atom stereocenters. The van der Waals surface area contributed by atoms with Crippen LogP contribution in [0.25, 0.3) is 11.5 Å². The Labute approximate surface area is 126 Å². The first-order valence-corrected chi connectivity index (χ1v) is 7.43. The Morgan fingerprint density at radius 3 is 2.90 bits per heavy atom. The molecule has 2 heterocycles. The van der Waals surface area contributed by atoms with Crippen LogP contribution in [0, 0.1) is 6.92 Å². The highest BCUT2D eigenvalue weighted by atomic mass is 32.2. The van der Waals surface area contributed by atoms with Gasteiger partial charge in [0.1, 0.15) is 0 Å². The highest BCUT2D eigenvalue weighted by Crippen LogP contribution is 2.27. The molecule has 106 valence electrons. The van der Waals surface area contributed by atoms with Crippen molar-refractivity contribution in [2.75, 3.05) is 5.73 Å². The molecule has 0 spiro atoms. The monoisotopic (exact) mass is 298 g/mol. The summed E-state index contributed by atoms with van der Waals surface area (Å²) in [5.41, 5.74) is 8.33. The van der Waals surface area contributed by atoms with E-state index < -0.39 is 0 Å². The van der Waals surface area contributed by atoms with E-state index >= 15 is 0 Å². The fourth-order valence-corrected chi connectivity index (χ4v) is 2.76. The number of rotatable bonds is 4. The van der Waals surface area contributed by atoms with Crippen molar-refractivity contribution in [2.45, 2.75) is 17.6 Å². The zero-order valence-corrected chi connectivity index (χ0v) is 12.3. The number of thioether (sulfide) groups is 1. The fourth-order valence-electron chi connectivity index (χ4n) is 1.88. The fraction of sp³-hybridized carbons (Fsp3) is 0.133. The van der Waals surface area contributed by atoms with Crippen LogP contribution in [0.5, 0.6) is 0 Å². The Kier molecular flexibility index (Phi) is 3.87. The topological polar surface area (TPSA) is 77.8 Å². The Bertz CT molecular complexity index is 757. The van der Waals surface area contributed by atoms with E-state index in [0.29, 0.717) is 28.7 Å². The van der Waals surface area contributed by atoms with Gasteiger partial charge in [0.25, 0.3) is 5.89 Å². The largest absolute Gasteiger partial charge is 0.397 e. The molecule has 5 nitrogen and oxygen atoms in total. The molecular weight excluding hydrogens is 284 g/mol. The van der Waals surface area contributed by atoms with Gasteiger partial charge in [-0.3, -0.25) is 4.98 Å². The lowest BCUT2D eigenvalue weighted by molar-refractivity contribution is 0.425. The van der Waals surface area contributed by atoms with Crippen LogP contribution in [-0.4, -0.2) is 15.1 Å². The normalized spacial score (nSPS) is 10.7. The van der Waals surface area contributed by atoms with Gasteiger partial charge in [0.15, 0.2) is 5.82 Å². The summed E-state index contributed by atoms with van der Waals surface area (Å²) in [7, 11) is 0. The number of aryl methyl sites for hydroxylation is 1. The van der Waals surface area contributed by atoms with Crippen molar-refractivity contribution in [3.05, 3.63) is 54.1 Å². The Morgan fingerprint density at radius 2 is 2.10 bits per heavy atom. The van der Waals surface area contributed by atoms with Crippen molar-refractivity contribution in [2.24, 2.45) is 0 Å². The number of hydrogen-bond acceptors (Lipinski definition) is 6. The van der Waals surface area contributed by atoms with Crippen LogP contribution in [0.4, 0.5) is 5.69 Å². The van der Waals surface area contributed by atoms with Gasteiger partial charge in [-0.2, -0.15) is 4.98 Å². The van der Waals surface area contributed by atoms with Crippen molar-refractivity contribution < 1.29 is 4.52 Å². The van der Waals surface area contributed by atoms with E-state index in [2.05, 4.69) is 34.2 Å². The third-order valence-electron chi connectivity index (χ3n) is 3.00. The Morgan fingerprint density at radius 1 is 1.24 bits per heavy atom. The average Bonchev–Trinajstić information content (AvgIpc) is 2.96. The maximum absolute atomic E-state index is 5.85. The summed E-state index contributed by atoms with van der Waals surface area (Å²) >= 11 is 1.68. The smallest absolute Gasteiger partial charge is 0.260 e.